The highest BCUT2D eigenvalue weighted by molar-refractivity contribution is 5.22. The molecule has 2 atom stereocenters. The molecule has 0 radical (unpaired) electrons. The van der Waals surface area contributed by atoms with Gasteiger partial charge in [0.05, 0.1) is 13.2 Å². The fourth-order valence-corrected chi connectivity index (χ4v) is 3.54. The van der Waals surface area contributed by atoms with Crippen LogP contribution in [-0.4, -0.2) is 73.1 Å². The fourth-order valence-electron chi connectivity index (χ4n) is 3.54. The smallest absolute Gasteiger partial charge is 0.123 e. The van der Waals surface area contributed by atoms with Gasteiger partial charge in [0.1, 0.15) is 24.3 Å². The number of ether oxygens (including phenoxy) is 2. The first-order valence-electron chi connectivity index (χ1n) is 10.2. The topological polar surface area (TPSA) is 45.2 Å². The lowest BCUT2D eigenvalue weighted by Gasteiger charge is -2.36. The maximum Gasteiger partial charge on any atom is 0.123 e. The zero-order valence-electron chi connectivity index (χ0n) is 17.0. The van der Waals surface area contributed by atoms with Gasteiger partial charge in [-0.15, -0.1) is 0 Å². The minimum Gasteiger partial charge on any atom is -0.491 e. The summed E-state index contributed by atoms with van der Waals surface area (Å²) in [4.78, 5) is 4.71. The second kappa shape index (κ2) is 11.3. The summed E-state index contributed by atoms with van der Waals surface area (Å²) in [5.74, 6) is 0.255. The third kappa shape index (κ3) is 7.40. The molecule has 1 aliphatic rings. The van der Waals surface area contributed by atoms with E-state index >= 15 is 0 Å². The largest absolute Gasteiger partial charge is 0.491 e. The maximum atomic E-state index is 13.0. The maximum absolute atomic E-state index is 13.0. The lowest BCUT2D eigenvalue weighted by Crippen LogP contribution is -2.48. The standard InChI is InChI=1S/C23H31FN2O3/c1-19(15-25-11-13-28-14-12-25)26(16-20-5-3-2-4-6-20)17-22(27)18-29-23-9-7-21(24)8-10-23/h2-10,19,22,27H,11-18H2,1H3. The highest BCUT2D eigenvalue weighted by Gasteiger charge is 2.22. The van der Waals surface area contributed by atoms with Gasteiger partial charge in [0.25, 0.3) is 0 Å². The summed E-state index contributed by atoms with van der Waals surface area (Å²) in [5.41, 5.74) is 1.22. The average molecular weight is 403 g/mol. The van der Waals surface area contributed by atoms with Gasteiger partial charge < -0.3 is 14.6 Å². The van der Waals surface area contributed by atoms with Crippen molar-refractivity contribution in [3.8, 4) is 5.75 Å². The summed E-state index contributed by atoms with van der Waals surface area (Å²) in [6.07, 6.45) is -0.643. The van der Waals surface area contributed by atoms with E-state index < -0.39 is 6.10 Å². The number of benzene rings is 2. The molecule has 2 aromatic carbocycles. The van der Waals surface area contributed by atoms with Crippen molar-refractivity contribution in [2.24, 2.45) is 0 Å². The van der Waals surface area contributed by atoms with Crippen molar-refractivity contribution >= 4 is 0 Å². The highest BCUT2D eigenvalue weighted by Crippen LogP contribution is 2.14. The summed E-state index contributed by atoms with van der Waals surface area (Å²) < 4.78 is 24.1. The Morgan fingerprint density at radius 2 is 1.79 bits per heavy atom. The SMILES string of the molecule is CC(CN1CCOCC1)N(Cc1ccccc1)CC(O)COc1ccc(F)cc1. The molecular weight excluding hydrogens is 371 g/mol. The first-order chi connectivity index (χ1) is 14.1. The van der Waals surface area contributed by atoms with Crippen LogP contribution >= 0.6 is 0 Å². The number of hydrogen-bond donors (Lipinski definition) is 1. The molecule has 3 rings (SSSR count). The zero-order chi connectivity index (χ0) is 20.5. The Hall–Kier alpha value is -1.99. The van der Waals surface area contributed by atoms with Crippen molar-refractivity contribution in [3.63, 3.8) is 0 Å². The van der Waals surface area contributed by atoms with E-state index in [1.807, 2.05) is 18.2 Å². The second-order valence-electron chi connectivity index (χ2n) is 7.60. The van der Waals surface area contributed by atoms with Crippen LogP contribution in [0.5, 0.6) is 5.75 Å². The average Bonchev–Trinajstić information content (AvgIpc) is 2.74. The normalized spacial score (nSPS) is 17.2. The molecule has 5 nitrogen and oxygen atoms in total. The monoisotopic (exact) mass is 402 g/mol. The van der Waals surface area contributed by atoms with E-state index in [0.717, 1.165) is 39.4 Å². The molecule has 1 saturated heterocycles. The van der Waals surface area contributed by atoms with Gasteiger partial charge in [-0.1, -0.05) is 30.3 Å². The molecular formula is C23H31FN2O3. The van der Waals surface area contributed by atoms with E-state index in [1.165, 1.54) is 17.7 Å². The Kier molecular flexibility index (Phi) is 8.43. The van der Waals surface area contributed by atoms with Crippen LogP contribution in [0.2, 0.25) is 0 Å². The molecule has 0 saturated carbocycles. The summed E-state index contributed by atoms with van der Waals surface area (Å²) >= 11 is 0. The summed E-state index contributed by atoms with van der Waals surface area (Å²) in [7, 11) is 0. The molecule has 1 aliphatic heterocycles. The van der Waals surface area contributed by atoms with Crippen molar-refractivity contribution in [2.75, 3.05) is 46.0 Å². The number of rotatable bonds is 10. The molecule has 6 heteroatoms. The van der Waals surface area contributed by atoms with Crippen molar-refractivity contribution < 1.29 is 19.0 Å². The molecule has 1 fully saturated rings. The molecule has 0 amide bonds. The lowest BCUT2D eigenvalue weighted by atomic mass is 10.1. The number of halogens is 1. The van der Waals surface area contributed by atoms with Crippen LogP contribution in [0.1, 0.15) is 12.5 Å². The zero-order valence-corrected chi connectivity index (χ0v) is 17.0. The quantitative estimate of drug-likeness (QED) is 0.662. The molecule has 0 aliphatic carbocycles. The van der Waals surface area contributed by atoms with Crippen molar-refractivity contribution in [1.82, 2.24) is 9.80 Å². The van der Waals surface area contributed by atoms with Gasteiger partial charge in [-0.25, -0.2) is 4.39 Å². The van der Waals surface area contributed by atoms with Crippen LogP contribution in [0.4, 0.5) is 4.39 Å². The van der Waals surface area contributed by atoms with Gasteiger partial charge in [-0.3, -0.25) is 9.80 Å². The van der Waals surface area contributed by atoms with Gasteiger partial charge in [0, 0.05) is 38.8 Å². The molecule has 0 aromatic heterocycles. The molecule has 2 aromatic rings. The van der Waals surface area contributed by atoms with Crippen LogP contribution in [0.3, 0.4) is 0 Å². The van der Waals surface area contributed by atoms with E-state index in [-0.39, 0.29) is 18.5 Å². The molecule has 29 heavy (non-hydrogen) atoms. The highest BCUT2D eigenvalue weighted by atomic mass is 19.1. The molecule has 158 valence electrons. The minimum absolute atomic E-state index is 0.168. The van der Waals surface area contributed by atoms with E-state index in [0.29, 0.717) is 12.3 Å². The van der Waals surface area contributed by atoms with Crippen LogP contribution in [-0.2, 0) is 11.3 Å². The van der Waals surface area contributed by atoms with E-state index in [4.69, 9.17) is 9.47 Å². The Labute approximate surface area is 172 Å². The third-order valence-corrected chi connectivity index (χ3v) is 5.18. The first kappa shape index (κ1) is 21.7. The van der Waals surface area contributed by atoms with Crippen molar-refractivity contribution in [2.45, 2.75) is 25.6 Å². The van der Waals surface area contributed by atoms with E-state index in [1.54, 1.807) is 12.1 Å². The minimum atomic E-state index is -0.643. The van der Waals surface area contributed by atoms with E-state index in [9.17, 15) is 9.50 Å². The number of aliphatic hydroxyl groups excluding tert-OH is 1. The van der Waals surface area contributed by atoms with Crippen molar-refractivity contribution in [1.29, 1.82) is 0 Å². The third-order valence-electron chi connectivity index (χ3n) is 5.18. The Balaban J connectivity index is 1.57. The molecule has 2 unspecified atom stereocenters. The molecule has 1 heterocycles. The number of hydrogen-bond acceptors (Lipinski definition) is 5. The van der Waals surface area contributed by atoms with Gasteiger partial charge in [-0.05, 0) is 36.8 Å². The van der Waals surface area contributed by atoms with Crippen LogP contribution in [0, 0.1) is 5.82 Å². The van der Waals surface area contributed by atoms with Gasteiger partial charge in [0.2, 0.25) is 0 Å². The number of aliphatic hydroxyl groups is 1. The lowest BCUT2D eigenvalue weighted by molar-refractivity contribution is 0.0110. The van der Waals surface area contributed by atoms with Crippen LogP contribution < -0.4 is 4.74 Å². The number of nitrogens with zero attached hydrogens (tertiary/aromatic N) is 2. The number of morpholine rings is 1. The van der Waals surface area contributed by atoms with Gasteiger partial charge in [-0.2, -0.15) is 0 Å². The van der Waals surface area contributed by atoms with Gasteiger partial charge in [0.15, 0.2) is 0 Å². The Bertz CT molecular complexity index is 708. The first-order valence-corrected chi connectivity index (χ1v) is 10.2. The predicted octanol–water partition coefficient (Wildman–Crippen LogP) is 2.79. The molecule has 1 N–H and O–H groups in total. The van der Waals surface area contributed by atoms with Crippen LogP contribution in [0.15, 0.2) is 54.6 Å². The van der Waals surface area contributed by atoms with Crippen LogP contribution in [0.25, 0.3) is 0 Å². The van der Waals surface area contributed by atoms with Crippen molar-refractivity contribution in [3.05, 3.63) is 66.0 Å². The predicted molar refractivity (Wildman–Crippen MR) is 111 cm³/mol. The Morgan fingerprint density at radius 3 is 2.48 bits per heavy atom. The Morgan fingerprint density at radius 1 is 1.10 bits per heavy atom. The summed E-state index contributed by atoms with van der Waals surface area (Å²) in [6, 6.07) is 16.4. The van der Waals surface area contributed by atoms with E-state index in [2.05, 4.69) is 28.9 Å². The molecule has 0 spiro atoms. The fraction of sp³-hybridized carbons (Fsp3) is 0.478. The second-order valence-corrected chi connectivity index (χ2v) is 7.60. The summed E-state index contributed by atoms with van der Waals surface area (Å²) in [5, 5.41) is 10.6. The van der Waals surface area contributed by atoms with Gasteiger partial charge >= 0.3 is 0 Å². The molecule has 0 bridgehead atoms. The summed E-state index contributed by atoms with van der Waals surface area (Å²) in [6.45, 7) is 8.01.